The fourth-order valence-electron chi connectivity index (χ4n) is 2.03. The van der Waals surface area contributed by atoms with Crippen molar-refractivity contribution >= 4 is 21.6 Å². The summed E-state index contributed by atoms with van der Waals surface area (Å²) in [6.45, 7) is 1.57. The van der Waals surface area contributed by atoms with E-state index in [0.29, 0.717) is 5.56 Å². The molecule has 0 unspecified atom stereocenters. The predicted molar refractivity (Wildman–Crippen MR) is 81.9 cm³/mol. The third-order valence-electron chi connectivity index (χ3n) is 3.26. The van der Waals surface area contributed by atoms with Crippen LogP contribution in [0.15, 0.2) is 47.4 Å². The molecule has 0 fully saturated rings. The van der Waals surface area contributed by atoms with Crippen molar-refractivity contribution in [1.82, 2.24) is 0 Å². The number of hydrogen-bond donors (Lipinski definition) is 2. The molecule has 0 atom stereocenters. The SMILES string of the molecule is Cc1ccc(S(N)(=O)=O)cc1NC(=O)c1ccccc1C(F)(F)F. The highest BCUT2D eigenvalue weighted by Gasteiger charge is 2.34. The standard InChI is InChI=1S/C15H13F3N2O3S/c1-9-6-7-10(24(19,22)23)8-13(9)20-14(21)11-4-2-3-5-12(11)15(16,17)18/h2-8H,1H3,(H,20,21)(H2,19,22,23). The summed E-state index contributed by atoms with van der Waals surface area (Å²) in [7, 11) is -4.01. The summed E-state index contributed by atoms with van der Waals surface area (Å²) >= 11 is 0. The lowest BCUT2D eigenvalue weighted by molar-refractivity contribution is -0.137. The van der Waals surface area contributed by atoms with Crippen LogP contribution in [0.3, 0.4) is 0 Å². The van der Waals surface area contributed by atoms with Crippen molar-refractivity contribution in [1.29, 1.82) is 0 Å². The highest BCUT2D eigenvalue weighted by Crippen LogP contribution is 2.32. The van der Waals surface area contributed by atoms with Gasteiger partial charge in [0.1, 0.15) is 0 Å². The van der Waals surface area contributed by atoms with E-state index in [9.17, 15) is 26.4 Å². The van der Waals surface area contributed by atoms with Gasteiger partial charge in [0.15, 0.2) is 0 Å². The molecule has 0 spiro atoms. The summed E-state index contributed by atoms with van der Waals surface area (Å²) in [6, 6.07) is 8.04. The molecular formula is C15H13F3N2O3S. The third kappa shape index (κ3) is 3.92. The number of aryl methyl sites for hydroxylation is 1. The minimum atomic E-state index is -4.69. The highest BCUT2D eigenvalue weighted by molar-refractivity contribution is 7.89. The second-order valence-corrected chi connectivity index (χ2v) is 6.58. The van der Waals surface area contributed by atoms with Gasteiger partial charge in [0.25, 0.3) is 5.91 Å². The van der Waals surface area contributed by atoms with Gasteiger partial charge in [-0.05, 0) is 36.8 Å². The van der Waals surface area contributed by atoms with Crippen LogP contribution in [0.1, 0.15) is 21.5 Å². The second kappa shape index (κ2) is 6.25. The Kier molecular flexibility index (Phi) is 4.68. The Morgan fingerprint density at radius 3 is 2.33 bits per heavy atom. The Morgan fingerprint density at radius 2 is 1.75 bits per heavy atom. The maximum absolute atomic E-state index is 13.0. The van der Waals surface area contributed by atoms with Crippen molar-refractivity contribution in [2.75, 3.05) is 5.32 Å². The molecule has 5 nitrogen and oxygen atoms in total. The number of alkyl halides is 3. The van der Waals surface area contributed by atoms with Crippen LogP contribution in [0.2, 0.25) is 0 Å². The van der Waals surface area contributed by atoms with Crippen LogP contribution in [-0.4, -0.2) is 14.3 Å². The van der Waals surface area contributed by atoms with E-state index in [2.05, 4.69) is 5.32 Å². The summed E-state index contributed by atoms with van der Waals surface area (Å²) in [5.41, 5.74) is -1.11. The number of carbonyl (C=O) groups is 1. The second-order valence-electron chi connectivity index (χ2n) is 5.02. The van der Waals surface area contributed by atoms with Crippen molar-refractivity contribution in [3.63, 3.8) is 0 Å². The predicted octanol–water partition coefficient (Wildman–Crippen LogP) is 2.91. The first-order valence-corrected chi connectivity index (χ1v) is 8.16. The van der Waals surface area contributed by atoms with E-state index in [0.717, 1.165) is 18.2 Å². The molecule has 1 amide bonds. The van der Waals surface area contributed by atoms with Crippen molar-refractivity contribution in [2.24, 2.45) is 5.14 Å². The monoisotopic (exact) mass is 358 g/mol. The molecule has 0 radical (unpaired) electrons. The molecule has 0 bridgehead atoms. The Bertz CT molecular complexity index is 893. The number of halogens is 3. The molecule has 24 heavy (non-hydrogen) atoms. The Morgan fingerprint density at radius 1 is 1.12 bits per heavy atom. The molecule has 2 aromatic rings. The molecule has 3 N–H and O–H groups in total. The highest BCUT2D eigenvalue weighted by atomic mass is 32.2. The average molecular weight is 358 g/mol. The van der Waals surface area contributed by atoms with Crippen LogP contribution in [0, 0.1) is 6.92 Å². The lowest BCUT2D eigenvalue weighted by atomic mass is 10.1. The number of hydrogen-bond acceptors (Lipinski definition) is 3. The normalized spacial score (nSPS) is 12.0. The fourth-order valence-corrected chi connectivity index (χ4v) is 2.57. The molecule has 0 aliphatic rings. The summed E-state index contributed by atoms with van der Waals surface area (Å²) in [4.78, 5) is 11.9. The van der Waals surface area contributed by atoms with Gasteiger partial charge in [0.2, 0.25) is 10.0 Å². The maximum Gasteiger partial charge on any atom is 0.417 e. The minimum Gasteiger partial charge on any atom is -0.322 e. The number of nitrogens with two attached hydrogens (primary N) is 1. The van der Waals surface area contributed by atoms with Gasteiger partial charge < -0.3 is 5.32 Å². The van der Waals surface area contributed by atoms with Gasteiger partial charge >= 0.3 is 6.18 Å². The molecule has 2 rings (SSSR count). The van der Waals surface area contributed by atoms with Gasteiger partial charge in [-0.15, -0.1) is 0 Å². The number of anilines is 1. The van der Waals surface area contributed by atoms with Crippen molar-refractivity contribution in [2.45, 2.75) is 18.0 Å². The zero-order valence-corrected chi connectivity index (χ0v) is 13.2. The lowest BCUT2D eigenvalue weighted by Gasteiger charge is -2.14. The Hall–Kier alpha value is -2.39. The topological polar surface area (TPSA) is 89.3 Å². The van der Waals surface area contributed by atoms with Gasteiger partial charge in [-0.2, -0.15) is 13.2 Å². The fraction of sp³-hybridized carbons (Fsp3) is 0.133. The molecule has 128 valence electrons. The van der Waals surface area contributed by atoms with E-state index in [1.165, 1.54) is 24.3 Å². The zero-order chi connectivity index (χ0) is 18.1. The largest absolute Gasteiger partial charge is 0.417 e. The van der Waals surface area contributed by atoms with E-state index in [1.807, 2.05) is 0 Å². The van der Waals surface area contributed by atoms with Crippen molar-refractivity contribution in [3.8, 4) is 0 Å². The van der Waals surface area contributed by atoms with Crippen LogP contribution < -0.4 is 10.5 Å². The molecule has 0 saturated heterocycles. The molecule has 9 heteroatoms. The van der Waals surface area contributed by atoms with E-state index >= 15 is 0 Å². The first kappa shape index (κ1) is 18.0. The smallest absolute Gasteiger partial charge is 0.322 e. The molecular weight excluding hydrogens is 345 g/mol. The van der Waals surface area contributed by atoms with Crippen LogP contribution in [0.25, 0.3) is 0 Å². The summed E-state index contributed by atoms with van der Waals surface area (Å²) in [6.07, 6.45) is -4.69. The first-order chi connectivity index (χ1) is 11.0. The number of amides is 1. The molecule has 0 aliphatic carbocycles. The van der Waals surface area contributed by atoms with E-state index < -0.39 is 33.2 Å². The zero-order valence-electron chi connectivity index (χ0n) is 12.4. The van der Waals surface area contributed by atoms with Gasteiger partial charge in [-0.3, -0.25) is 4.79 Å². The lowest BCUT2D eigenvalue weighted by Crippen LogP contribution is -2.19. The number of rotatable bonds is 3. The van der Waals surface area contributed by atoms with Crippen molar-refractivity contribution in [3.05, 3.63) is 59.2 Å². The molecule has 0 saturated carbocycles. The van der Waals surface area contributed by atoms with Gasteiger partial charge in [0, 0.05) is 5.69 Å². The molecule has 0 aromatic heterocycles. The maximum atomic E-state index is 13.0. The van der Waals surface area contributed by atoms with Crippen LogP contribution in [0.4, 0.5) is 18.9 Å². The van der Waals surface area contributed by atoms with Gasteiger partial charge in [-0.25, -0.2) is 13.6 Å². The summed E-state index contributed by atoms with van der Waals surface area (Å²) in [5, 5.41) is 7.30. The Labute approximate surface area is 136 Å². The molecule has 0 heterocycles. The van der Waals surface area contributed by atoms with E-state index in [1.54, 1.807) is 6.92 Å². The van der Waals surface area contributed by atoms with Crippen LogP contribution in [0.5, 0.6) is 0 Å². The third-order valence-corrected chi connectivity index (χ3v) is 4.17. The van der Waals surface area contributed by atoms with Gasteiger partial charge in [0.05, 0.1) is 16.0 Å². The molecule has 2 aromatic carbocycles. The number of primary sulfonamides is 1. The number of benzene rings is 2. The van der Waals surface area contributed by atoms with Gasteiger partial charge in [-0.1, -0.05) is 18.2 Å². The number of nitrogens with one attached hydrogen (secondary N) is 1. The van der Waals surface area contributed by atoms with Crippen LogP contribution >= 0.6 is 0 Å². The minimum absolute atomic E-state index is 0.0588. The number of carbonyl (C=O) groups excluding carboxylic acids is 1. The summed E-state index contributed by atoms with van der Waals surface area (Å²) < 4.78 is 61.6. The van der Waals surface area contributed by atoms with Crippen LogP contribution in [-0.2, 0) is 16.2 Å². The Balaban J connectivity index is 2.42. The number of sulfonamides is 1. The molecule has 0 aliphatic heterocycles. The van der Waals surface area contributed by atoms with Crippen molar-refractivity contribution < 1.29 is 26.4 Å². The average Bonchev–Trinajstić information content (AvgIpc) is 2.47. The van der Waals surface area contributed by atoms with E-state index in [-0.39, 0.29) is 10.6 Å². The quantitative estimate of drug-likeness (QED) is 0.884. The van der Waals surface area contributed by atoms with E-state index in [4.69, 9.17) is 5.14 Å². The summed E-state index contributed by atoms with van der Waals surface area (Å²) in [5.74, 6) is -1.00. The first-order valence-electron chi connectivity index (χ1n) is 6.61.